The van der Waals surface area contributed by atoms with Crippen molar-refractivity contribution >= 4 is 10.4 Å². The van der Waals surface area contributed by atoms with Crippen molar-refractivity contribution in [1.82, 2.24) is 0 Å². The number of hydrogen-bond acceptors (Lipinski definition) is 4. The Hall–Kier alpha value is -0.210. The zero-order valence-corrected chi connectivity index (χ0v) is 5.63. The van der Waals surface area contributed by atoms with Crippen LogP contribution < -0.4 is 5.48 Å². The van der Waals surface area contributed by atoms with Crippen LogP contribution in [-0.4, -0.2) is 29.3 Å². The molecule has 0 spiro atoms. The number of quaternary nitrogens is 1. The molecule has 4 N–H and O–H groups in total. The number of nitrogens with two attached hydrogens (primary N) is 1. The maximum Gasteiger partial charge on any atom is 0.215 e. The van der Waals surface area contributed by atoms with Crippen LogP contribution >= 0.6 is 0 Å². The lowest BCUT2D eigenvalue weighted by Gasteiger charge is -1.88. The van der Waals surface area contributed by atoms with Gasteiger partial charge in [0, 0.05) is 0 Å². The normalized spacial score (nSPS) is 9.78. The zero-order valence-electron chi connectivity index (χ0n) is 4.81. The van der Waals surface area contributed by atoms with Gasteiger partial charge in [0.2, 0.25) is 10.4 Å². The lowest BCUT2D eigenvalue weighted by atomic mass is 10.8. The molecule has 0 radical (unpaired) electrons. The van der Waals surface area contributed by atoms with Gasteiger partial charge >= 0.3 is 0 Å². The van der Waals surface area contributed by atoms with Gasteiger partial charge in [-0.05, 0) is 6.92 Å². The molecule has 0 aromatic carbocycles. The fourth-order valence-electron chi connectivity index (χ4n) is 0. The SMILES string of the molecule is CC[NH2+]O.O=S(=O)([O-])O. The summed E-state index contributed by atoms with van der Waals surface area (Å²) in [6.07, 6.45) is 0. The average molecular weight is 159 g/mol. The molecule has 0 saturated heterocycles. The molecule has 0 aliphatic carbocycles. The third kappa shape index (κ3) is 418. The van der Waals surface area contributed by atoms with Gasteiger partial charge in [-0.15, -0.1) is 0 Å². The molecule has 0 heterocycles. The molecule has 0 amide bonds. The largest absolute Gasteiger partial charge is 0.726 e. The molecular formula is C2H9NO5S. The zero-order chi connectivity index (χ0) is 7.91. The Kier molecular flexibility index (Phi) is 7.61. The summed E-state index contributed by atoms with van der Waals surface area (Å²) in [6, 6.07) is 0. The van der Waals surface area contributed by atoms with E-state index in [0.717, 1.165) is 12.0 Å². The first-order chi connectivity index (χ1) is 3.91. The molecule has 0 saturated carbocycles. The van der Waals surface area contributed by atoms with Crippen molar-refractivity contribution in [1.29, 1.82) is 0 Å². The van der Waals surface area contributed by atoms with Crippen molar-refractivity contribution in [3.63, 3.8) is 0 Å². The lowest BCUT2D eigenvalue weighted by molar-refractivity contribution is -0.884. The molecule has 0 bridgehead atoms. The van der Waals surface area contributed by atoms with E-state index < -0.39 is 10.4 Å². The Bertz CT molecular complexity index is 118. The summed E-state index contributed by atoms with van der Waals surface area (Å²) < 4.78 is 32.8. The number of rotatable bonds is 1. The molecule has 0 fully saturated rings. The topological polar surface area (TPSA) is 114 Å². The molecule has 0 aliphatic heterocycles. The highest BCUT2D eigenvalue weighted by atomic mass is 32.3. The number of hydroxylamine groups is 1. The van der Waals surface area contributed by atoms with Crippen LogP contribution in [0.1, 0.15) is 6.92 Å². The quantitative estimate of drug-likeness (QED) is 0.232. The van der Waals surface area contributed by atoms with Crippen LogP contribution in [-0.2, 0) is 10.4 Å². The molecule has 58 valence electrons. The van der Waals surface area contributed by atoms with Gasteiger partial charge in [0.1, 0.15) is 6.54 Å². The van der Waals surface area contributed by atoms with Gasteiger partial charge in [0.25, 0.3) is 0 Å². The molecule has 9 heavy (non-hydrogen) atoms. The van der Waals surface area contributed by atoms with Gasteiger partial charge in [-0.3, -0.25) is 4.55 Å². The fraction of sp³-hybridized carbons (Fsp3) is 1.00. The lowest BCUT2D eigenvalue weighted by Crippen LogP contribution is -2.79. The highest BCUT2D eigenvalue weighted by Crippen LogP contribution is 1.58. The van der Waals surface area contributed by atoms with E-state index in [0.29, 0.717) is 0 Å². The smallest absolute Gasteiger partial charge is 0.215 e. The van der Waals surface area contributed by atoms with E-state index in [4.69, 9.17) is 22.7 Å². The predicted molar refractivity (Wildman–Crippen MR) is 26.6 cm³/mol. The van der Waals surface area contributed by atoms with E-state index in [1.54, 1.807) is 0 Å². The molecule has 0 rings (SSSR count). The van der Waals surface area contributed by atoms with Gasteiger partial charge in [-0.2, -0.15) is 0 Å². The fourth-order valence-corrected chi connectivity index (χ4v) is 0. The van der Waals surface area contributed by atoms with Crippen LogP contribution in [0.2, 0.25) is 0 Å². The Morgan fingerprint density at radius 3 is 1.78 bits per heavy atom. The summed E-state index contributed by atoms with van der Waals surface area (Å²) in [6.45, 7) is 2.62. The minimum Gasteiger partial charge on any atom is -0.726 e. The second kappa shape index (κ2) is 5.92. The van der Waals surface area contributed by atoms with E-state index in [2.05, 4.69) is 0 Å². The molecule has 0 aliphatic rings. The Labute approximate surface area is 53.0 Å². The third-order valence-electron chi connectivity index (χ3n) is 0.183. The molecular weight excluding hydrogens is 150 g/mol. The first-order valence-corrected chi connectivity index (χ1v) is 3.42. The molecule has 0 aromatic rings. The maximum atomic E-state index is 8.63. The third-order valence-corrected chi connectivity index (χ3v) is 0.183. The first kappa shape index (κ1) is 11.6. The minimum absolute atomic E-state index is 0.750. The van der Waals surface area contributed by atoms with Crippen LogP contribution in [0.4, 0.5) is 0 Å². The van der Waals surface area contributed by atoms with Crippen molar-refractivity contribution in [2.75, 3.05) is 6.54 Å². The standard InChI is InChI=1S/C2H7NO.H2O4S/c1-2-3-4;1-5(2,3)4/h3-4H,2H2,1H3;(H2,1,2,3,4). The van der Waals surface area contributed by atoms with E-state index in [-0.39, 0.29) is 0 Å². The van der Waals surface area contributed by atoms with E-state index >= 15 is 0 Å². The second-order valence-electron chi connectivity index (χ2n) is 1.02. The molecule has 0 atom stereocenters. The van der Waals surface area contributed by atoms with Gasteiger partial charge in [0.05, 0.1) is 0 Å². The molecule has 7 heteroatoms. The summed E-state index contributed by atoms with van der Waals surface area (Å²) in [4.78, 5) is 0. The Morgan fingerprint density at radius 2 is 1.78 bits per heavy atom. The summed E-state index contributed by atoms with van der Waals surface area (Å²) in [5, 5.41) is 7.75. The molecule has 0 unspecified atom stereocenters. The van der Waals surface area contributed by atoms with Gasteiger partial charge in [-0.25, -0.2) is 19.1 Å². The van der Waals surface area contributed by atoms with Crippen molar-refractivity contribution in [2.24, 2.45) is 0 Å². The second-order valence-corrected chi connectivity index (χ2v) is 1.87. The van der Waals surface area contributed by atoms with Crippen LogP contribution in [0.15, 0.2) is 0 Å². The summed E-state index contributed by atoms with van der Waals surface area (Å²) in [5.74, 6) is 0. The van der Waals surface area contributed by atoms with Crippen molar-refractivity contribution in [3.8, 4) is 0 Å². The Morgan fingerprint density at radius 1 is 1.67 bits per heavy atom. The predicted octanol–water partition coefficient (Wildman–Crippen LogP) is -2.04. The minimum atomic E-state index is -4.92. The van der Waals surface area contributed by atoms with Crippen LogP contribution in [0, 0.1) is 0 Å². The summed E-state index contributed by atoms with van der Waals surface area (Å²) in [7, 11) is -4.92. The van der Waals surface area contributed by atoms with Crippen molar-refractivity contribution < 1.29 is 28.2 Å². The maximum absolute atomic E-state index is 8.63. The summed E-state index contributed by atoms with van der Waals surface area (Å²) in [5.41, 5.74) is 1.12. The van der Waals surface area contributed by atoms with Crippen LogP contribution in [0.3, 0.4) is 0 Å². The van der Waals surface area contributed by atoms with Gasteiger partial charge < -0.3 is 4.55 Å². The van der Waals surface area contributed by atoms with E-state index in [1.165, 1.54) is 0 Å². The highest BCUT2D eigenvalue weighted by molar-refractivity contribution is 7.79. The molecule has 6 nitrogen and oxygen atoms in total. The highest BCUT2D eigenvalue weighted by Gasteiger charge is 1.67. The molecule has 0 aromatic heterocycles. The first-order valence-electron chi connectivity index (χ1n) is 2.06. The monoisotopic (exact) mass is 159 g/mol. The van der Waals surface area contributed by atoms with Gasteiger partial charge in [-0.1, -0.05) is 0 Å². The van der Waals surface area contributed by atoms with Crippen molar-refractivity contribution in [3.05, 3.63) is 0 Å². The van der Waals surface area contributed by atoms with E-state index in [9.17, 15) is 0 Å². The van der Waals surface area contributed by atoms with Crippen LogP contribution in [0.25, 0.3) is 0 Å². The summed E-state index contributed by atoms with van der Waals surface area (Å²) >= 11 is 0. The average Bonchev–Trinajstić information content (AvgIpc) is 1.61. The van der Waals surface area contributed by atoms with Crippen molar-refractivity contribution in [2.45, 2.75) is 6.92 Å². The van der Waals surface area contributed by atoms with Gasteiger partial charge in [0.15, 0.2) is 0 Å². The number of hydrogen-bond donors (Lipinski definition) is 3. The van der Waals surface area contributed by atoms with Crippen LogP contribution in [0.5, 0.6) is 0 Å². The Balaban J connectivity index is 0. The van der Waals surface area contributed by atoms with E-state index in [1.807, 2.05) is 6.92 Å².